The van der Waals surface area contributed by atoms with E-state index >= 15 is 0 Å². The molecule has 0 aromatic heterocycles. The van der Waals surface area contributed by atoms with Crippen molar-refractivity contribution in [1.82, 2.24) is 0 Å². The second-order valence-electron chi connectivity index (χ2n) is 5.69. The van der Waals surface area contributed by atoms with Gasteiger partial charge in [-0.1, -0.05) is 85.0 Å². The molecule has 122 valence electrons. The summed E-state index contributed by atoms with van der Waals surface area (Å²) in [6, 6.07) is 27.5. The normalized spacial score (nSPS) is 10.7. The Morgan fingerprint density at radius 3 is 1.15 bits per heavy atom. The van der Waals surface area contributed by atoms with Gasteiger partial charge in [0.05, 0.1) is 23.3 Å². The molecule has 0 heterocycles. The second-order valence-corrected chi connectivity index (χ2v) is 5.69. The third-order valence-electron chi connectivity index (χ3n) is 4.04. The van der Waals surface area contributed by atoms with E-state index in [-0.39, 0.29) is 0 Å². The molecule has 2 nitrogen and oxygen atoms in total. The summed E-state index contributed by atoms with van der Waals surface area (Å²) < 4.78 is 0. The topological polar surface area (TPSA) is 47.6 Å². The van der Waals surface area contributed by atoms with Gasteiger partial charge >= 0.3 is 0 Å². The van der Waals surface area contributed by atoms with Gasteiger partial charge in [0.2, 0.25) is 0 Å². The van der Waals surface area contributed by atoms with Crippen LogP contribution in [0.1, 0.15) is 33.4 Å². The molecule has 0 aliphatic heterocycles. The third kappa shape index (κ3) is 3.96. The molecule has 0 saturated carbocycles. The monoisotopic (exact) mass is 332 g/mol. The molecular formula is C24H16N2. The van der Waals surface area contributed by atoms with Gasteiger partial charge in [0.15, 0.2) is 0 Å². The Bertz CT molecular complexity index is 973. The molecule has 0 N–H and O–H groups in total. The van der Waals surface area contributed by atoms with E-state index in [0.29, 0.717) is 11.1 Å². The van der Waals surface area contributed by atoms with E-state index < -0.39 is 0 Å². The van der Waals surface area contributed by atoms with Crippen molar-refractivity contribution in [1.29, 1.82) is 10.5 Å². The Morgan fingerprint density at radius 1 is 0.462 bits per heavy atom. The van der Waals surface area contributed by atoms with Crippen molar-refractivity contribution < 1.29 is 0 Å². The predicted octanol–water partition coefficient (Wildman–Crippen LogP) is 5.77. The van der Waals surface area contributed by atoms with Gasteiger partial charge in [-0.05, 0) is 34.4 Å². The number of benzene rings is 3. The Labute approximate surface area is 153 Å². The van der Waals surface area contributed by atoms with Gasteiger partial charge in [0.25, 0.3) is 0 Å². The minimum absolute atomic E-state index is 0.653. The molecule has 2 heteroatoms. The molecule has 26 heavy (non-hydrogen) atoms. The predicted molar refractivity (Wildman–Crippen MR) is 107 cm³/mol. The lowest BCUT2D eigenvalue weighted by Gasteiger charge is -2.02. The van der Waals surface area contributed by atoms with Gasteiger partial charge in [0, 0.05) is 0 Å². The van der Waals surface area contributed by atoms with Crippen LogP contribution in [-0.2, 0) is 0 Å². The van der Waals surface area contributed by atoms with Crippen molar-refractivity contribution in [2.24, 2.45) is 0 Å². The maximum absolute atomic E-state index is 9.21. The third-order valence-corrected chi connectivity index (χ3v) is 4.04. The van der Waals surface area contributed by atoms with E-state index in [1.807, 2.05) is 97.1 Å². The average molecular weight is 332 g/mol. The molecule has 0 radical (unpaired) electrons. The highest BCUT2D eigenvalue weighted by Crippen LogP contribution is 2.19. The van der Waals surface area contributed by atoms with E-state index in [0.717, 1.165) is 22.3 Å². The maximum atomic E-state index is 9.21. The van der Waals surface area contributed by atoms with Crippen molar-refractivity contribution in [2.45, 2.75) is 0 Å². The van der Waals surface area contributed by atoms with Crippen LogP contribution in [0.2, 0.25) is 0 Å². The Hall–Kier alpha value is -3.88. The van der Waals surface area contributed by atoms with Crippen LogP contribution in [0.25, 0.3) is 24.3 Å². The quantitative estimate of drug-likeness (QED) is 0.569. The Balaban J connectivity index is 1.92. The molecule has 3 aromatic rings. The summed E-state index contributed by atoms with van der Waals surface area (Å²) in [6.45, 7) is 0. The molecule has 0 spiro atoms. The smallest absolute Gasteiger partial charge is 0.0997 e. The van der Waals surface area contributed by atoms with E-state index in [4.69, 9.17) is 0 Å². The summed E-state index contributed by atoms with van der Waals surface area (Å²) in [4.78, 5) is 0. The maximum Gasteiger partial charge on any atom is 0.0997 e. The van der Waals surface area contributed by atoms with Crippen molar-refractivity contribution in [3.05, 3.63) is 106 Å². The van der Waals surface area contributed by atoms with Crippen LogP contribution in [-0.4, -0.2) is 0 Å². The SMILES string of the molecule is N#Cc1ccccc1/C=C/c1ccccc1/C=C/c1ccccc1C#N. The highest BCUT2D eigenvalue weighted by Gasteiger charge is 2.00. The van der Waals surface area contributed by atoms with Crippen LogP contribution in [0.3, 0.4) is 0 Å². The standard InChI is InChI=1S/C24H16N2/c25-17-23-11-5-3-9-21(23)15-13-19-7-1-2-8-20(19)14-16-22-10-4-6-12-24(22)18-26/h1-16H/b15-13+,16-14+. The number of rotatable bonds is 4. The first kappa shape index (κ1) is 17.0. The van der Waals surface area contributed by atoms with Gasteiger partial charge in [-0.3, -0.25) is 0 Å². The molecule has 0 saturated heterocycles. The summed E-state index contributed by atoms with van der Waals surface area (Å²) in [5.41, 5.74) is 5.18. The number of hydrogen-bond acceptors (Lipinski definition) is 2. The largest absolute Gasteiger partial charge is 0.192 e. The summed E-state index contributed by atoms with van der Waals surface area (Å²) in [7, 11) is 0. The van der Waals surface area contributed by atoms with Crippen LogP contribution in [0.4, 0.5) is 0 Å². The van der Waals surface area contributed by atoms with Gasteiger partial charge < -0.3 is 0 Å². The van der Waals surface area contributed by atoms with E-state index in [9.17, 15) is 10.5 Å². The van der Waals surface area contributed by atoms with E-state index in [1.54, 1.807) is 0 Å². The number of nitrogens with zero attached hydrogens (tertiary/aromatic N) is 2. The zero-order valence-corrected chi connectivity index (χ0v) is 14.1. The van der Waals surface area contributed by atoms with Crippen molar-refractivity contribution in [3.63, 3.8) is 0 Å². The van der Waals surface area contributed by atoms with Gasteiger partial charge in [-0.15, -0.1) is 0 Å². The van der Waals surface area contributed by atoms with Gasteiger partial charge in [0.1, 0.15) is 0 Å². The molecule has 0 aliphatic rings. The lowest BCUT2D eigenvalue weighted by Crippen LogP contribution is -1.83. The number of hydrogen-bond donors (Lipinski definition) is 0. The molecule has 0 aliphatic carbocycles. The van der Waals surface area contributed by atoms with Crippen LogP contribution in [0, 0.1) is 22.7 Å². The van der Waals surface area contributed by atoms with Gasteiger partial charge in [-0.2, -0.15) is 10.5 Å². The molecular weight excluding hydrogens is 316 g/mol. The highest BCUT2D eigenvalue weighted by molar-refractivity contribution is 5.81. The molecule has 3 aromatic carbocycles. The molecule has 0 fully saturated rings. The molecule has 0 atom stereocenters. The second kappa shape index (κ2) is 8.29. The number of nitriles is 2. The average Bonchev–Trinajstić information content (AvgIpc) is 2.71. The molecule has 0 unspecified atom stereocenters. The van der Waals surface area contributed by atoms with Crippen molar-refractivity contribution in [2.75, 3.05) is 0 Å². The first-order chi connectivity index (χ1) is 12.8. The summed E-state index contributed by atoms with van der Waals surface area (Å²) in [5, 5.41) is 18.4. The fraction of sp³-hybridized carbons (Fsp3) is 0. The van der Waals surface area contributed by atoms with Gasteiger partial charge in [-0.25, -0.2) is 0 Å². The first-order valence-electron chi connectivity index (χ1n) is 8.25. The zero-order chi connectivity index (χ0) is 18.2. The molecule has 0 amide bonds. The van der Waals surface area contributed by atoms with Crippen LogP contribution in [0.15, 0.2) is 72.8 Å². The fourth-order valence-corrected chi connectivity index (χ4v) is 2.66. The van der Waals surface area contributed by atoms with E-state index in [2.05, 4.69) is 12.1 Å². The minimum Gasteiger partial charge on any atom is -0.192 e. The lowest BCUT2D eigenvalue weighted by atomic mass is 10.0. The summed E-state index contributed by atoms with van der Waals surface area (Å²) >= 11 is 0. The summed E-state index contributed by atoms with van der Waals surface area (Å²) in [6.07, 6.45) is 7.92. The van der Waals surface area contributed by atoms with Crippen molar-refractivity contribution in [3.8, 4) is 12.1 Å². The first-order valence-corrected chi connectivity index (χ1v) is 8.25. The minimum atomic E-state index is 0.653. The Morgan fingerprint density at radius 2 is 0.769 bits per heavy atom. The van der Waals surface area contributed by atoms with E-state index in [1.165, 1.54) is 0 Å². The molecule has 3 rings (SSSR count). The zero-order valence-electron chi connectivity index (χ0n) is 14.1. The lowest BCUT2D eigenvalue weighted by molar-refractivity contribution is 1.47. The Kier molecular flexibility index (Phi) is 5.41. The molecule has 0 bridgehead atoms. The van der Waals surface area contributed by atoms with Crippen LogP contribution < -0.4 is 0 Å². The fourth-order valence-electron chi connectivity index (χ4n) is 2.66. The van der Waals surface area contributed by atoms with Crippen LogP contribution >= 0.6 is 0 Å². The van der Waals surface area contributed by atoms with Crippen LogP contribution in [0.5, 0.6) is 0 Å². The highest BCUT2D eigenvalue weighted by atomic mass is 14.2. The summed E-state index contributed by atoms with van der Waals surface area (Å²) in [5.74, 6) is 0. The van der Waals surface area contributed by atoms with Crippen molar-refractivity contribution >= 4 is 24.3 Å².